The lowest BCUT2D eigenvalue weighted by Gasteiger charge is -2.21. The molecule has 0 N–H and O–H groups in total. The van der Waals surface area contributed by atoms with E-state index in [0.29, 0.717) is 26.1 Å². The average Bonchev–Trinajstić information content (AvgIpc) is 2.82. The Morgan fingerprint density at radius 1 is 1.04 bits per heavy atom. The van der Waals surface area contributed by atoms with E-state index in [1.807, 2.05) is 23.1 Å². The average molecular weight is 312 g/mol. The molecule has 1 heterocycles. The van der Waals surface area contributed by atoms with E-state index in [4.69, 9.17) is 0 Å². The van der Waals surface area contributed by atoms with Crippen LogP contribution in [0.25, 0.3) is 0 Å². The molecular weight excluding hydrogens is 288 g/mol. The minimum absolute atomic E-state index is 0.133. The number of hydrogen-bond acceptors (Lipinski definition) is 2. The van der Waals surface area contributed by atoms with Crippen molar-refractivity contribution >= 4 is 11.8 Å². The van der Waals surface area contributed by atoms with Crippen LogP contribution in [-0.2, 0) is 16.0 Å². The van der Waals surface area contributed by atoms with E-state index in [1.165, 1.54) is 5.56 Å². The Bertz CT molecular complexity index is 586. The molecule has 1 aliphatic heterocycles. The maximum absolute atomic E-state index is 12.3. The molecule has 1 aromatic carbocycles. The predicted molar refractivity (Wildman–Crippen MR) is 90.6 cm³/mol. The Morgan fingerprint density at radius 3 is 2.48 bits per heavy atom. The van der Waals surface area contributed by atoms with Crippen molar-refractivity contribution in [1.82, 2.24) is 9.80 Å². The Balaban J connectivity index is 1.76. The number of benzene rings is 1. The standard InChI is InChI=1S/C19H24N2O2/c1-2-8-18(22)20-13-7-14-21(16-15-20)19(23)12-6-11-17-9-4-3-5-10-17/h3-5,9-10H,6-7,11-16H2,1H3. The van der Waals surface area contributed by atoms with Crippen LogP contribution in [0, 0.1) is 11.8 Å². The second kappa shape index (κ2) is 8.99. The van der Waals surface area contributed by atoms with Gasteiger partial charge >= 0.3 is 0 Å². The summed E-state index contributed by atoms with van der Waals surface area (Å²) >= 11 is 0. The van der Waals surface area contributed by atoms with Crippen LogP contribution in [0.4, 0.5) is 0 Å². The molecule has 1 aliphatic rings. The molecule has 4 heteroatoms. The van der Waals surface area contributed by atoms with Crippen molar-refractivity contribution in [2.45, 2.75) is 32.6 Å². The van der Waals surface area contributed by atoms with E-state index >= 15 is 0 Å². The van der Waals surface area contributed by atoms with Gasteiger partial charge in [0.05, 0.1) is 0 Å². The van der Waals surface area contributed by atoms with Gasteiger partial charge < -0.3 is 9.80 Å². The fourth-order valence-electron chi connectivity index (χ4n) is 2.80. The molecule has 0 bridgehead atoms. The molecule has 0 aromatic heterocycles. The smallest absolute Gasteiger partial charge is 0.298 e. The molecule has 0 unspecified atom stereocenters. The maximum Gasteiger partial charge on any atom is 0.298 e. The van der Waals surface area contributed by atoms with Crippen molar-refractivity contribution in [3.8, 4) is 11.8 Å². The molecule has 1 fully saturated rings. The van der Waals surface area contributed by atoms with Crippen LogP contribution in [0.15, 0.2) is 30.3 Å². The van der Waals surface area contributed by atoms with Gasteiger partial charge in [0.25, 0.3) is 5.91 Å². The van der Waals surface area contributed by atoms with Gasteiger partial charge in [-0.25, -0.2) is 0 Å². The van der Waals surface area contributed by atoms with Crippen molar-refractivity contribution < 1.29 is 9.59 Å². The summed E-state index contributed by atoms with van der Waals surface area (Å²) in [6.07, 6.45) is 3.18. The first-order chi connectivity index (χ1) is 11.2. The Labute approximate surface area is 138 Å². The number of carbonyl (C=O) groups is 2. The molecule has 0 aliphatic carbocycles. The molecule has 0 saturated carbocycles. The lowest BCUT2D eigenvalue weighted by molar-refractivity contribution is -0.132. The highest BCUT2D eigenvalue weighted by molar-refractivity contribution is 5.93. The SMILES string of the molecule is CC#CC(=O)N1CCCN(C(=O)CCCc2ccccc2)CC1. The second-order valence-corrected chi connectivity index (χ2v) is 5.74. The summed E-state index contributed by atoms with van der Waals surface area (Å²) in [6.45, 7) is 4.27. The van der Waals surface area contributed by atoms with Crippen molar-refractivity contribution in [2.75, 3.05) is 26.2 Å². The van der Waals surface area contributed by atoms with Crippen LogP contribution < -0.4 is 0 Å². The van der Waals surface area contributed by atoms with Crippen LogP contribution >= 0.6 is 0 Å². The van der Waals surface area contributed by atoms with E-state index < -0.39 is 0 Å². The summed E-state index contributed by atoms with van der Waals surface area (Å²) in [4.78, 5) is 27.8. The first kappa shape index (κ1) is 17.1. The van der Waals surface area contributed by atoms with Gasteiger partial charge in [-0.1, -0.05) is 36.3 Å². The Kier molecular flexibility index (Phi) is 6.68. The van der Waals surface area contributed by atoms with Gasteiger partial charge in [-0.05, 0) is 37.7 Å². The predicted octanol–water partition coefficient (Wildman–Crippen LogP) is 2.09. The van der Waals surface area contributed by atoms with Gasteiger partial charge in [0.2, 0.25) is 5.91 Å². The molecule has 2 rings (SSSR count). The van der Waals surface area contributed by atoms with Gasteiger partial charge in [0.1, 0.15) is 0 Å². The normalized spacial score (nSPS) is 14.7. The highest BCUT2D eigenvalue weighted by atomic mass is 16.2. The molecule has 0 spiro atoms. The summed E-state index contributed by atoms with van der Waals surface area (Å²) in [7, 11) is 0. The minimum Gasteiger partial charge on any atom is -0.341 e. The molecule has 1 aromatic rings. The number of nitrogens with zero attached hydrogens (tertiary/aromatic N) is 2. The Morgan fingerprint density at radius 2 is 1.74 bits per heavy atom. The topological polar surface area (TPSA) is 40.6 Å². The molecule has 23 heavy (non-hydrogen) atoms. The third-order valence-electron chi connectivity index (χ3n) is 4.07. The van der Waals surface area contributed by atoms with E-state index in [9.17, 15) is 9.59 Å². The third kappa shape index (κ3) is 5.45. The largest absolute Gasteiger partial charge is 0.341 e. The van der Waals surface area contributed by atoms with Gasteiger partial charge in [0.15, 0.2) is 0 Å². The highest BCUT2D eigenvalue weighted by Crippen LogP contribution is 2.09. The van der Waals surface area contributed by atoms with E-state index in [-0.39, 0.29) is 11.8 Å². The van der Waals surface area contributed by atoms with Gasteiger partial charge in [0, 0.05) is 32.6 Å². The molecule has 0 radical (unpaired) electrons. The first-order valence-electron chi connectivity index (χ1n) is 8.24. The van der Waals surface area contributed by atoms with Crippen LogP contribution in [0.2, 0.25) is 0 Å². The third-order valence-corrected chi connectivity index (χ3v) is 4.07. The van der Waals surface area contributed by atoms with Crippen molar-refractivity contribution in [3.63, 3.8) is 0 Å². The second-order valence-electron chi connectivity index (χ2n) is 5.74. The van der Waals surface area contributed by atoms with Crippen LogP contribution in [0.5, 0.6) is 0 Å². The number of aryl methyl sites for hydroxylation is 1. The zero-order valence-corrected chi connectivity index (χ0v) is 13.8. The summed E-state index contributed by atoms with van der Waals surface area (Å²) in [5, 5.41) is 0. The summed E-state index contributed by atoms with van der Waals surface area (Å²) < 4.78 is 0. The summed E-state index contributed by atoms with van der Waals surface area (Å²) in [6, 6.07) is 10.2. The Hall–Kier alpha value is -2.28. The summed E-state index contributed by atoms with van der Waals surface area (Å²) in [5.74, 6) is 5.27. The van der Waals surface area contributed by atoms with E-state index in [0.717, 1.165) is 25.8 Å². The van der Waals surface area contributed by atoms with Crippen molar-refractivity contribution in [1.29, 1.82) is 0 Å². The molecule has 1 saturated heterocycles. The lowest BCUT2D eigenvalue weighted by atomic mass is 10.1. The molecule has 2 amide bonds. The quantitative estimate of drug-likeness (QED) is 0.799. The first-order valence-corrected chi connectivity index (χ1v) is 8.24. The monoisotopic (exact) mass is 312 g/mol. The van der Waals surface area contributed by atoms with Crippen LogP contribution in [0.1, 0.15) is 31.7 Å². The number of amides is 2. The number of hydrogen-bond donors (Lipinski definition) is 0. The van der Waals surface area contributed by atoms with Crippen LogP contribution in [0.3, 0.4) is 0 Å². The van der Waals surface area contributed by atoms with Crippen molar-refractivity contribution in [2.24, 2.45) is 0 Å². The van der Waals surface area contributed by atoms with Gasteiger partial charge in [-0.2, -0.15) is 0 Å². The lowest BCUT2D eigenvalue weighted by Crippen LogP contribution is -2.36. The molecule has 4 nitrogen and oxygen atoms in total. The molecule has 0 atom stereocenters. The van der Waals surface area contributed by atoms with E-state index in [1.54, 1.807) is 11.8 Å². The van der Waals surface area contributed by atoms with Crippen LogP contribution in [-0.4, -0.2) is 47.8 Å². The fourth-order valence-corrected chi connectivity index (χ4v) is 2.80. The molecular formula is C19H24N2O2. The zero-order valence-electron chi connectivity index (χ0n) is 13.8. The van der Waals surface area contributed by atoms with Gasteiger partial charge in [-0.15, -0.1) is 0 Å². The number of carbonyl (C=O) groups excluding carboxylic acids is 2. The zero-order chi connectivity index (χ0) is 16.5. The number of rotatable bonds is 4. The fraction of sp³-hybridized carbons (Fsp3) is 0.474. The van der Waals surface area contributed by atoms with Crippen molar-refractivity contribution in [3.05, 3.63) is 35.9 Å². The maximum atomic E-state index is 12.3. The summed E-state index contributed by atoms with van der Waals surface area (Å²) in [5.41, 5.74) is 1.27. The minimum atomic E-state index is -0.133. The van der Waals surface area contributed by atoms with Gasteiger partial charge in [-0.3, -0.25) is 9.59 Å². The highest BCUT2D eigenvalue weighted by Gasteiger charge is 2.20. The van der Waals surface area contributed by atoms with E-state index in [2.05, 4.69) is 24.0 Å². The molecule has 122 valence electrons.